The number of hydrogen-bond acceptors (Lipinski definition) is 6. The van der Waals surface area contributed by atoms with Crippen LogP contribution in [0.15, 0.2) is 29.6 Å². The number of nitrogens with one attached hydrogen (secondary N) is 1. The van der Waals surface area contributed by atoms with Gasteiger partial charge in [0.15, 0.2) is 5.13 Å². The van der Waals surface area contributed by atoms with Crippen molar-refractivity contribution in [3.05, 3.63) is 29.6 Å². The lowest BCUT2D eigenvalue weighted by Gasteiger charge is -2.32. The molecule has 0 saturated carbocycles. The van der Waals surface area contributed by atoms with Gasteiger partial charge in [0.25, 0.3) is 0 Å². The summed E-state index contributed by atoms with van der Waals surface area (Å²) in [5.41, 5.74) is 1.88. The van der Waals surface area contributed by atoms with Crippen molar-refractivity contribution in [1.82, 2.24) is 14.8 Å². The summed E-state index contributed by atoms with van der Waals surface area (Å²) in [6, 6.07) is 7.78. The lowest BCUT2D eigenvalue weighted by Crippen LogP contribution is -2.43. The number of piperidine rings is 1. The van der Waals surface area contributed by atoms with Crippen LogP contribution >= 0.6 is 11.3 Å². The predicted molar refractivity (Wildman–Crippen MR) is 110 cm³/mol. The van der Waals surface area contributed by atoms with Gasteiger partial charge >= 0.3 is 0 Å². The highest BCUT2D eigenvalue weighted by atomic mass is 32.1. The molecule has 1 unspecified atom stereocenters. The average molecular weight is 389 g/mol. The first-order valence-corrected chi connectivity index (χ1v) is 10.2. The normalized spacial score (nSPS) is 17.9. The molecule has 2 heterocycles. The fourth-order valence-electron chi connectivity index (χ4n) is 3.25. The van der Waals surface area contributed by atoms with Gasteiger partial charge in [-0.1, -0.05) is 0 Å². The van der Waals surface area contributed by atoms with Crippen LogP contribution in [0.2, 0.25) is 0 Å². The molecular weight excluding hydrogens is 360 g/mol. The Labute approximate surface area is 165 Å². The number of carbonyl (C=O) groups excluding carboxylic acids is 1. The van der Waals surface area contributed by atoms with Gasteiger partial charge in [-0.15, -0.1) is 11.3 Å². The van der Waals surface area contributed by atoms with Gasteiger partial charge in [0.05, 0.1) is 18.7 Å². The van der Waals surface area contributed by atoms with Crippen LogP contribution in [0.3, 0.4) is 0 Å². The highest BCUT2D eigenvalue weighted by Crippen LogP contribution is 2.27. The summed E-state index contributed by atoms with van der Waals surface area (Å²) in [7, 11) is 5.81. The Kier molecular flexibility index (Phi) is 6.82. The molecule has 146 valence electrons. The maximum atomic E-state index is 12.7. The van der Waals surface area contributed by atoms with Crippen molar-refractivity contribution in [3.63, 3.8) is 0 Å². The van der Waals surface area contributed by atoms with Gasteiger partial charge in [0, 0.05) is 30.6 Å². The number of hydrogen-bond donors (Lipinski definition) is 1. The molecule has 2 aromatic rings. The lowest BCUT2D eigenvalue weighted by atomic mass is 9.97. The maximum Gasteiger partial charge on any atom is 0.230 e. The van der Waals surface area contributed by atoms with E-state index in [-0.39, 0.29) is 11.8 Å². The van der Waals surface area contributed by atoms with Crippen LogP contribution in [0, 0.1) is 5.92 Å². The van der Waals surface area contributed by atoms with E-state index in [1.54, 1.807) is 7.11 Å². The number of carbonyl (C=O) groups is 1. The van der Waals surface area contributed by atoms with E-state index in [0.717, 1.165) is 56.0 Å². The molecular formula is C20H28N4O2S. The first kappa shape index (κ1) is 19.8. The van der Waals surface area contributed by atoms with E-state index < -0.39 is 0 Å². The van der Waals surface area contributed by atoms with Crippen LogP contribution in [0.25, 0.3) is 11.3 Å². The highest BCUT2D eigenvalue weighted by molar-refractivity contribution is 7.14. The third-order valence-electron chi connectivity index (χ3n) is 4.86. The zero-order valence-electron chi connectivity index (χ0n) is 16.3. The molecule has 1 fully saturated rings. The van der Waals surface area contributed by atoms with Gasteiger partial charge in [-0.05, 0) is 57.7 Å². The van der Waals surface area contributed by atoms with Crippen molar-refractivity contribution in [2.45, 2.75) is 12.8 Å². The molecule has 0 spiro atoms. The Hall–Kier alpha value is -1.96. The third-order valence-corrected chi connectivity index (χ3v) is 5.62. The minimum atomic E-state index is 0.0363. The SMILES string of the molecule is COc1ccc(-c2csc(NC(=O)C3CCCN(CCN(C)C)C3)n2)cc1. The van der Waals surface area contributed by atoms with Crippen molar-refractivity contribution < 1.29 is 9.53 Å². The predicted octanol–water partition coefficient (Wildman–Crippen LogP) is 3.03. The van der Waals surface area contributed by atoms with Crippen molar-refractivity contribution in [2.24, 2.45) is 5.92 Å². The number of likely N-dealkylation sites (N-methyl/N-ethyl adjacent to an activating group) is 1. The molecule has 1 N–H and O–H groups in total. The fourth-order valence-corrected chi connectivity index (χ4v) is 3.97. The van der Waals surface area contributed by atoms with Gasteiger partial charge in [-0.2, -0.15) is 0 Å². The number of rotatable bonds is 7. The number of thiazole rings is 1. The van der Waals surface area contributed by atoms with E-state index in [4.69, 9.17) is 4.74 Å². The minimum absolute atomic E-state index is 0.0363. The van der Waals surface area contributed by atoms with Gasteiger partial charge < -0.3 is 19.9 Å². The molecule has 1 atom stereocenters. The van der Waals surface area contributed by atoms with Crippen LogP contribution in [0.1, 0.15) is 12.8 Å². The molecule has 1 aliphatic heterocycles. The monoisotopic (exact) mass is 388 g/mol. The van der Waals surface area contributed by atoms with E-state index in [9.17, 15) is 4.79 Å². The number of ether oxygens (including phenoxy) is 1. The lowest BCUT2D eigenvalue weighted by molar-refractivity contribution is -0.121. The molecule has 0 aliphatic carbocycles. The average Bonchev–Trinajstić information content (AvgIpc) is 3.15. The van der Waals surface area contributed by atoms with Crippen LogP contribution in [0.5, 0.6) is 5.75 Å². The Balaban J connectivity index is 1.57. The summed E-state index contributed by atoms with van der Waals surface area (Å²) in [6.45, 7) is 3.94. The standard InChI is InChI=1S/C20H28N4O2S/c1-23(2)11-12-24-10-4-5-16(13-24)19(25)22-20-21-18(14-27-20)15-6-8-17(26-3)9-7-15/h6-9,14,16H,4-5,10-13H2,1-3H3,(H,21,22,25). The molecule has 0 radical (unpaired) electrons. The molecule has 3 rings (SSSR count). The summed E-state index contributed by atoms with van der Waals surface area (Å²) in [5.74, 6) is 0.938. The Bertz CT molecular complexity index is 745. The topological polar surface area (TPSA) is 57.7 Å². The Morgan fingerprint density at radius 3 is 2.85 bits per heavy atom. The number of amides is 1. The molecule has 27 heavy (non-hydrogen) atoms. The van der Waals surface area contributed by atoms with Crippen molar-refractivity contribution in [3.8, 4) is 17.0 Å². The van der Waals surface area contributed by atoms with E-state index in [1.807, 2.05) is 29.6 Å². The molecule has 1 amide bonds. The second-order valence-corrected chi connectivity index (χ2v) is 8.06. The summed E-state index contributed by atoms with van der Waals surface area (Å²) in [4.78, 5) is 21.8. The number of aromatic nitrogens is 1. The maximum absolute atomic E-state index is 12.7. The number of likely N-dealkylation sites (tertiary alicyclic amines) is 1. The van der Waals surface area contributed by atoms with Crippen molar-refractivity contribution >= 4 is 22.4 Å². The summed E-state index contributed by atoms with van der Waals surface area (Å²) in [5, 5.41) is 5.65. The molecule has 1 aromatic heterocycles. The summed E-state index contributed by atoms with van der Waals surface area (Å²) in [6.07, 6.45) is 2.02. The van der Waals surface area contributed by atoms with E-state index >= 15 is 0 Å². The zero-order chi connectivity index (χ0) is 19.2. The second kappa shape index (κ2) is 9.30. The second-order valence-electron chi connectivity index (χ2n) is 7.20. The Morgan fingerprint density at radius 2 is 2.15 bits per heavy atom. The van der Waals surface area contributed by atoms with Crippen molar-refractivity contribution in [1.29, 1.82) is 0 Å². The molecule has 6 nitrogen and oxygen atoms in total. The smallest absolute Gasteiger partial charge is 0.230 e. The first-order chi connectivity index (χ1) is 13.0. The largest absolute Gasteiger partial charge is 0.497 e. The quantitative estimate of drug-likeness (QED) is 0.790. The van der Waals surface area contributed by atoms with Crippen LogP contribution in [-0.4, -0.2) is 68.1 Å². The molecule has 1 aromatic carbocycles. The number of nitrogens with zero attached hydrogens (tertiary/aromatic N) is 3. The van der Waals surface area contributed by atoms with E-state index in [0.29, 0.717) is 5.13 Å². The van der Waals surface area contributed by atoms with Crippen molar-refractivity contribution in [2.75, 3.05) is 52.7 Å². The highest BCUT2D eigenvalue weighted by Gasteiger charge is 2.26. The van der Waals surface area contributed by atoms with E-state index in [1.165, 1.54) is 11.3 Å². The van der Waals surface area contributed by atoms with E-state index in [2.05, 4.69) is 34.2 Å². The summed E-state index contributed by atoms with van der Waals surface area (Å²) >= 11 is 1.47. The van der Waals surface area contributed by atoms with Gasteiger partial charge in [-0.3, -0.25) is 4.79 Å². The minimum Gasteiger partial charge on any atom is -0.497 e. The number of anilines is 1. The summed E-state index contributed by atoms with van der Waals surface area (Å²) < 4.78 is 5.19. The molecule has 1 aliphatic rings. The van der Waals surface area contributed by atoms with Gasteiger partial charge in [-0.25, -0.2) is 4.98 Å². The molecule has 7 heteroatoms. The number of methoxy groups -OCH3 is 1. The Morgan fingerprint density at radius 1 is 1.37 bits per heavy atom. The number of benzene rings is 1. The van der Waals surface area contributed by atoms with Crippen LogP contribution in [0.4, 0.5) is 5.13 Å². The fraction of sp³-hybridized carbons (Fsp3) is 0.500. The third kappa shape index (κ3) is 5.51. The molecule has 1 saturated heterocycles. The first-order valence-electron chi connectivity index (χ1n) is 9.33. The van der Waals surface area contributed by atoms with Crippen LogP contribution < -0.4 is 10.1 Å². The van der Waals surface area contributed by atoms with Gasteiger partial charge in [0.2, 0.25) is 5.91 Å². The zero-order valence-corrected chi connectivity index (χ0v) is 17.1. The van der Waals surface area contributed by atoms with Crippen LogP contribution in [-0.2, 0) is 4.79 Å². The van der Waals surface area contributed by atoms with Gasteiger partial charge in [0.1, 0.15) is 5.75 Å². The molecule has 0 bridgehead atoms.